The van der Waals surface area contributed by atoms with Crippen molar-refractivity contribution in [3.05, 3.63) is 29.8 Å². The molecule has 0 bridgehead atoms. The summed E-state index contributed by atoms with van der Waals surface area (Å²) in [4.78, 5) is 24.9. The molecule has 2 amide bonds. The van der Waals surface area contributed by atoms with Crippen LogP contribution in [0, 0.1) is 0 Å². The van der Waals surface area contributed by atoms with Crippen molar-refractivity contribution < 1.29 is 18.0 Å². The van der Waals surface area contributed by atoms with Gasteiger partial charge < -0.3 is 15.5 Å². The topological polar surface area (TPSA) is 98.8 Å². The van der Waals surface area contributed by atoms with Crippen LogP contribution in [0.4, 0.5) is 0 Å². The summed E-state index contributed by atoms with van der Waals surface area (Å²) in [6.45, 7) is 6.35. The molecule has 9 heteroatoms. The average molecular weight is 399 g/mol. The molecule has 1 atom stereocenters. The number of carbonyl (C=O) groups is 2. The lowest BCUT2D eigenvalue weighted by Gasteiger charge is -2.19. The summed E-state index contributed by atoms with van der Waals surface area (Å²) in [7, 11) is -0.231. The van der Waals surface area contributed by atoms with Crippen molar-refractivity contribution >= 4 is 21.8 Å². The first-order valence-electron chi connectivity index (χ1n) is 8.93. The number of nitrogens with one attached hydrogen (secondary N) is 2. The maximum atomic E-state index is 12.5. The second kappa shape index (κ2) is 10.4. The minimum Gasteiger partial charge on any atom is -0.347 e. The molecule has 1 aromatic rings. The highest BCUT2D eigenvalue weighted by atomic mass is 32.2. The minimum atomic E-state index is -3.48. The molecule has 152 valence electrons. The molecule has 0 heterocycles. The van der Waals surface area contributed by atoms with Gasteiger partial charge in [-0.25, -0.2) is 8.42 Å². The van der Waals surface area contributed by atoms with Crippen LogP contribution < -0.4 is 10.6 Å². The van der Waals surface area contributed by atoms with E-state index in [1.807, 2.05) is 6.92 Å². The molecule has 0 unspecified atom stereocenters. The molecule has 0 aliphatic rings. The highest BCUT2D eigenvalue weighted by Crippen LogP contribution is 2.19. The van der Waals surface area contributed by atoms with Crippen LogP contribution in [0.3, 0.4) is 0 Å². The van der Waals surface area contributed by atoms with E-state index in [2.05, 4.69) is 10.6 Å². The predicted octanol–water partition coefficient (Wildman–Crippen LogP) is 0.572. The predicted molar refractivity (Wildman–Crippen MR) is 105 cm³/mol. The molecule has 0 saturated carbocycles. The number of benzene rings is 1. The standard InChI is InChI=1S/C18H30N4O4S/c1-6-22(7-2)27(25,26)16-10-8-15(9-11-16)14(3)19-12-17(23)20-13-18(24)21(4)5/h8-11,14,19H,6-7,12-13H2,1-5H3,(H,20,23)/t14-/m0/s1. The van der Waals surface area contributed by atoms with Crippen LogP contribution in [-0.2, 0) is 19.6 Å². The Labute approximate surface area is 162 Å². The summed E-state index contributed by atoms with van der Waals surface area (Å²) in [6.07, 6.45) is 0. The number of nitrogens with zero attached hydrogens (tertiary/aromatic N) is 2. The molecule has 0 aromatic heterocycles. The van der Waals surface area contributed by atoms with E-state index < -0.39 is 10.0 Å². The summed E-state index contributed by atoms with van der Waals surface area (Å²) >= 11 is 0. The Morgan fingerprint density at radius 2 is 1.59 bits per heavy atom. The SMILES string of the molecule is CCN(CC)S(=O)(=O)c1ccc([C@H](C)NCC(=O)NCC(=O)N(C)C)cc1. The van der Waals surface area contributed by atoms with Gasteiger partial charge in [0.2, 0.25) is 21.8 Å². The molecule has 0 radical (unpaired) electrons. The Bertz CT molecular complexity index is 728. The van der Waals surface area contributed by atoms with Crippen LogP contribution in [0.15, 0.2) is 29.2 Å². The Morgan fingerprint density at radius 1 is 1.04 bits per heavy atom. The van der Waals surface area contributed by atoms with Crippen LogP contribution in [0.2, 0.25) is 0 Å². The minimum absolute atomic E-state index is 0.0419. The van der Waals surface area contributed by atoms with Gasteiger partial charge in [0.25, 0.3) is 0 Å². The number of carbonyl (C=O) groups excluding carboxylic acids is 2. The quantitative estimate of drug-likeness (QED) is 0.600. The van der Waals surface area contributed by atoms with Gasteiger partial charge in [0.15, 0.2) is 0 Å². The summed E-state index contributed by atoms with van der Waals surface area (Å²) in [5, 5.41) is 5.61. The first-order chi connectivity index (χ1) is 12.6. The lowest BCUT2D eigenvalue weighted by atomic mass is 10.1. The fourth-order valence-electron chi connectivity index (χ4n) is 2.40. The highest BCUT2D eigenvalue weighted by molar-refractivity contribution is 7.89. The van der Waals surface area contributed by atoms with Gasteiger partial charge in [0.05, 0.1) is 18.0 Å². The average Bonchev–Trinajstić information content (AvgIpc) is 2.64. The number of hydrogen-bond acceptors (Lipinski definition) is 5. The van der Waals surface area contributed by atoms with Crippen LogP contribution in [0.5, 0.6) is 0 Å². The smallest absolute Gasteiger partial charge is 0.243 e. The maximum absolute atomic E-state index is 12.5. The number of rotatable bonds is 10. The molecule has 0 spiro atoms. The van der Waals surface area contributed by atoms with Gasteiger partial charge in [-0.05, 0) is 24.6 Å². The van der Waals surface area contributed by atoms with Gasteiger partial charge in [-0.1, -0.05) is 26.0 Å². The van der Waals surface area contributed by atoms with Gasteiger partial charge in [-0.3, -0.25) is 9.59 Å². The lowest BCUT2D eigenvalue weighted by Crippen LogP contribution is -2.40. The Balaban J connectivity index is 2.63. The van der Waals surface area contributed by atoms with E-state index in [4.69, 9.17) is 0 Å². The van der Waals surface area contributed by atoms with E-state index in [0.29, 0.717) is 13.1 Å². The molecule has 0 fully saturated rings. The van der Waals surface area contributed by atoms with Crippen molar-refractivity contribution in [2.24, 2.45) is 0 Å². The molecule has 0 aliphatic carbocycles. The van der Waals surface area contributed by atoms with Gasteiger partial charge in [0, 0.05) is 33.2 Å². The monoisotopic (exact) mass is 398 g/mol. The van der Waals surface area contributed by atoms with Gasteiger partial charge >= 0.3 is 0 Å². The van der Waals surface area contributed by atoms with E-state index in [0.717, 1.165) is 5.56 Å². The first-order valence-corrected chi connectivity index (χ1v) is 10.4. The third-order valence-electron chi connectivity index (χ3n) is 4.23. The van der Waals surface area contributed by atoms with Crippen molar-refractivity contribution in [2.75, 3.05) is 40.3 Å². The Hall–Kier alpha value is -1.97. The zero-order valence-electron chi connectivity index (χ0n) is 16.7. The third kappa shape index (κ3) is 6.60. The van der Waals surface area contributed by atoms with E-state index in [1.54, 1.807) is 52.2 Å². The molecular formula is C18H30N4O4S. The second-order valence-corrected chi connectivity index (χ2v) is 8.26. The van der Waals surface area contributed by atoms with Crippen LogP contribution in [-0.4, -0.2) is 69.7 Å². The molecular weight excluding hydrogens is 368 g/mol. The van der Waals surface area contributed by atoms with Crippen molar-refractivity contribution in [3.63, 3.8) is 0 Å². The molecule has 27 heavy (non-hydrogen) atoms. The van der Waals surface area contributed by atoms with Crippen LogP contribution in [0.25, 0.3) is 0 Å². The van der Waals surface area contributed by atoms with E-state index in [9.17, 15) is 18.0 Å². The zero-order valence-corrected chi connectivity index (χ0v) is 17.5. The summed E-state index contributed by atoms with van der Waals surface area (Å²) < 4.78 is 26.4. The van der Waals surface area contributed by atoms with E-state index in [1.165, 1.54) is 9.21 Å². The van der Waals surface area contributed by atoms with Crippen LogP contribution >= 0.6 is 0 Å². The fourth-order valence-corrected chi connectivity index (χ4v) is 3.86. The fraction of sp³-hybridized carbons (Fsp3) is 0.556. The van der Waals surface area contributed by atoms with Crippen molar-refractivity contribution in [1.82, 2.24) is 19.8 Å². The number of hydrogen-bond donors (Lipinski definition) is 2. The normalized spacial score (nSPS) is 12.7. The highest BCUT2D eigenvalue weighted by Gasteiger charge is 2.21. The number of sulfonamides is 1. The summed E-state index contributed by atoms with van der Waals surface area (Å²) in [5.41, 5.74) is 0.866. The lowest BCUT2D eigenvalue weighted by molar-refractivity contribution is -0.130. The zero-order chi connectivity index (χ0) is 20.6. The van der Waals surface area contributed by atoms with E-state index >= 15 is 0 Å². The first kappa shape index (κ1) is 23.1. The summed E-state index contributed by atoms with van der Waals surface area (Å²) in [6, 6.07) is 6.49. The number of likely N-dealkylation sites (N-methyl/N-ethyl adjacent to an activating group) is 1. The largest absolute Gasteiger partial charge is 0.347 e. The molecule has 0 aliphatic heterocycles. The Kier molecular flexibility index (Phi) is 8.87. The maximum Gasteiger partial charge on any atom is 0.243 e. The van der Waals surface area contributed by atoms with Gasteiger partial charge in [-0.2, -0.15) is 4.31 Å². The van der Waals surface area contributed by atoms with Gasteiger partial charge in [-0.15, -0.1) is 0 Å². The third-order valence-corrected chi connectivity index (χ3v) is 6.29. The van der Waals surface area contributed by atoms with Crippen molar-refractivity contribution in [2.45, 2.75) is 31.7 Å². The van der Waals surface area contributed by atoms with Crippen molar-refractivity contribution in [1.29, 1.82) is 0 Å². The van der Waals surface area contributed by atoms with Crippen LogP contribution in [0.1, 0.15) is 32.4 Å². The number of amides is 2. The molecule has 1 aromatic carbocycles. The molecule has 2 N–H and O–H groups in total. The second-order valence-electron chi connectivity index (χ2n) is 6.33. The summed E-state index contributed by atoms with van der Waals surface area (Å²) in [5.74, 6) is -0.459. The molecule has 8 nitrogen and oxygen atoms in total. The van der Waals surface area contributed by atoms with E-state index in [-0.39, 0.29) is 35.8 Å². The van der Waals surface area contributed by atoms with Gasteiger partial charge in [0.1, 0.15) is 0 Å². The molecule has 1 rings (SSSR count). The molecule has 0 saturated heterocycles. The van der Waals surface area contributed by atoms with Crippen molar-refractivity contribution in [3.8, 4) is 0 Å². The Morgan fingerprint density at radius 3 is 2.07 bits per heavy atom.